The summed E-state index contributed by atoms with van der Waals surface area (Å²) in [4.78, 5) is 25.7. The fourth-order valence-corrected chi connectivity index (χ4v) is 2.70. The molecule has 1 aromatic rings. The van der Waals surface area contributed by atoms with Crippen LogP contribution in [0.15, 0.2) is 30.3 Å². The number of methoxy groups -OCH3 is 1. The summed E-state index contributed by atoms with van der Waals surface area (Å²) in [6, 6.07) is 9.98. The van der Waals surface area contributed by atoms with Gasteiger partial charge in [-0.25, -0.2) is 0 Å². The van der Waals surface area contributed by atoms with Crippen molar-refractivity contribution in [2.45, 2.75) is 38.3 Å². The minimum Gasteiger partial charge on any atom is -0.469 e. The number of carbonyl (C=O) groups is 2. The Bertz CT molecular complexity index is 458. The Kier molecular flexibility index (Phi) is 5.30. The van der Waals surface area contributed by atoms with Gasteiger partial charge in [-0.3, -0.25) is 14.5 Å². The number of ether oxygens (including phenoxy) is 1. The van der Waals surface area contributed by atoms with Gasteiger partial charge >= 0.3 is 5.97 Å². The highest BCUT2D eigenvalue weighted by atomic mass is 16.5. The van der Waals surface area contributed by atoms with Gasteiger partial charge in [0, 0.05) is 6.54 Å². The molecule has 1 aliphatic rings. The van der Waals surface area contributed by atoms with Crippen molar-refractivity contribution in [3.8, 4) is 0 Å². The predicted molar refractivity (Wildman–Crippen MR) is 76.1 cm³/mol. The first-order chi connectivity index (χ1) is 9.70. The highest BCUT2D eigenvalue weighted by molar-refractivity contribution is 5.98. The van der Waals surface area contributed by atoms with Crippen LogP contribution in [0.25, 0.3) is 0 Å². The van der Waals surface area contributed by atoms with Crippen molar-refractivity contribution >= 4 is 11.8 Å². The lowest BCUT2D eigenvalue weighted by molar-refractivity contribution is -0.144. The van der Waals surface area contributed by atoms with Crippen molar-refractivity contribution < 1.29 is 14.3 Å². The second kappa shape index (κ2) is 7.20. The van der Waals surface area contributed by atoms with Crippen LogP contribution in [0.5, 0.6) is 0 Å². The molecule has 0 amide bonds. The molecule has 1 aromatic carbocycles. The third kappa shape index (κ3) is 3.90. The van der Waals surface area contributed by atoms with Gasteiger partial charge in [0.05, 0.1) is 13.2 Å². The third-order valence-electron chi connectivity index (χ3n) is 3.76. The average Bonchev–Trinajstić information content (AvgIpc) is 2.48. The van der Waals surface area contributed by atoms with E-state index < -0.39 is 5.97 Å². The Balaban J connectivity index is 2.01. The molecular formula is C16H21NO3. The Morgan fingerprint density at radius 3 is 2.70 bits per heavy atom. The molecule has 4 heteroatoms. The molecule has 1 aliphatic heterocycles. The first-order valence-electron chi connectivity index (χ1n) is 7.08. The Labute approximate surface area is 119 Å². The molecule has 20 heavy (non-hydrogen) atoms. The van der Waals surface area contributed by atoms with Crippen LogP contribution in [0.1, 0.15) is 31.2 Å². The molecule has 1 saturated heterocycles. The molecule has 4 nitrogen and oxygen atoms in total. The van der Waals surface area contributed by atoms with Gasteiger partial charge in [-0.2, -0.15) is 0 Å². The van der Waals surface area contributed by atoms with Crippen LogP contribution in [0.3, 0.4) is 0 Å². The van der Waals surface area contributed by atoms with Crippen molar-refractivity contribution in [1.29, 1.82) is 0 Å². The highest BCUT2D eigenvalue weighted by Crippen LogP contribution is 2.21. The van der Waals surface area contributed by atoms with Crippen LogP contribution in [0.4, 0.5) is 0 Å². The van der Waals surface area contributed by atoms with Crippen LogP contribution in [-0.2, 0) is 20.9 Å². The number of Topliss-reactive ketones (excluding diaryl/α,β-unsaturated/α-hetero) is 1. The van der Waals surface area contributed by atoms with Crippen LogP contribution in [-0.4, -0.2) is 36.3 Å². The topological polar surface area (TPSA) is 46.6 Å². The van der Waals surface area contributed by atoms with Gasteiger partial charge in [0.25, 0.3) is 0 Å². The molecule has 1 unspecified atom stereocenters. The second-order valence-corrected chi connectivity index (χ2v) is 5.19. The molecule has 0 aliphatic carbocycles. The number of ketones is 1. The van der Waals surface area contributed by atoms with Gasteiger partial charge in [-0.05, 0) is 24.9 Å². The van der Waals surface area contributed by atoms with Gasteiger partial charge in [0.1, 0.15) is 6.42 Å². The Hall–Kier alpha value is -1.68. The summed E-state index contributed by atoms with van der Waals surface area (Å²) in [6.45, 7) is 1.67. The summed E-state index contributed by atoms with van der Waals surface area (Å²) in [5.74, 6) is -0.465. The monoisotopic (exact) mass is 275 g/mol. The number of benzene rings is 1. The predicted octanol–water partition coefficient (Wildman–Crippen LogP) is 2.17. The van der Waals surface area contributed by atoms with Crippen LogP contribution >= 0.6 is 0 Å². The van der Waals surface area contributed by atoms with Crippen molar-refractivity contribution in [1.82, 2.24) is 4.90 Å². The van der Waals surface area contributed by atoms with Crippen molar-refractivity contribution in [2.75, 3.05) is 13.7 Å². The average molecular weight is 275 g/mol. The van der Waals surface area contributed by atoms with E-state index in [1.165, 1.54) is 12.7 Å². The molecular weight excluding hydrogens is 254 g/mol. The van der Waals surface area contributed by atoms with E-state index in [4.69, 9.17) is 0 Å². The summed E-state index contributed by atoms with van der Waals surface area (Å²) in [7, 11) is 1.32. The minimum atomic E-state index is -0.444. The normalized spacial score (nSPS) is 19.6. The van der Waals surface area contributed by atoms with E-state index in [2.05, 4.69) is 21.8 Å². The smallest absolute Gasteiger partial charge is 0.313 e. The maximum Gasteiger partial charge on any atom is 0.313 e. The number of hydrogen-bond donors (Lipinski definition) is 0. The van der Waals surface area contributed by atoms with Crippen LogP contribution in [0.2, 0.25) is 0 Å². The summed E-state index contributed by atoms with van der Waals surface area (Å²) in [5.41, 5.74) is 1.20. The SMILES string of the molecule is COC(=O)CC(=O)C1CCCCN1Cc1ccccc1. The zero-order valence-corrected chi connectivity index (χ0v) is 11.9. The molecule has 1 fully saturated rings. The molecule has 0 spiro atoms. The fourth-order valence-electron chi connectivity index (χ4n) is 2.70. The standard InChI is InChI=1S/C16H21NO3/c1-20-16(19)11-15(18)14-9-5-6-10-17(14)12-13-7-3-2-4-8-13/h2-4,7-8,14H,5-6,9-12H2,1H3. The third-order valence-corrected chi connectivity index (χ3v) is 3.76. The number of carbonyl (C=O) groups excluding carboxylic acids is 2. The Morgan fingerprint density at radius 2 is 2.00 bits per heavy atom. The van der Waals surface area contributed by atoms with Crippen molar-refractivity contribution in [2.24, 2.45) is 0 Å². The summed E-state index contributed by atoms with van der Waals surface area (Å²) < 4.78 is 4.59. The maximum atomic E-state index is 12.2. The highest BCUT2D eigenvalue weighted by Gasteiger charge is 2.29. The van der Waals surface area contributed by atoms with Gasteiger partial charge in [-0.15, -0.1) is 0 Å². The summed E-state index contributed by atoms with van der Waals surface area (Å²) in [5, 5.41) is 0. The van der Waals surface area contributed by atoms with Gasteiger partial charge in [-0.1, -0.05) is 36.8 Å². The van der Waals surface area contributed by atoms with E-state index in [0.717, 1.165) is 32.4 Å². The molecule has 1 heterocycles. The Morgan fingerprint density at radius 1 is 1.25 bits per heavy atom. The van der Waals surface area contributed by atoms with E-state index >= 15 is 0 Å². The van der Waals surface area contributed by atoms with E-state index in [9.17, 15) is 9.59 Å². The number of nitrogens with zero attached hydrogens (tertiary/aromatic N) is 1. The fraction of sp³-hybridized carbons (Fsp3) is 0.500. The minimum absolute atomic E-state index is 0.0209. The number of hydrogen-bond acceptors (Lipinski definition) is 4. The van der Waals surface area contributed by atoms with Gasteiger partial charge in [0.2, 0.25) is 0 Å². The van der Waals surface area contributed by atoms with Crippen molar-refractivity contribution in [3.63, 3.8) is 0 Å². The number of likely N-dealkylation sites (tertiary alicyclic amines) is 1. The lowest BCUT2D eigenvalue weighted by Gasteiger charge is -2.34. The number of rotatable bonds is 5. The lowest BCUT2D eigenvalue weighted by Crippen LogP contribution is -2.44. The molecule has 108 valence electrons. The molecule has 0 aromatic heterocycles. The zero-order chi connectivity index (χ0) is 14.4. The first kappa shape index (κ1) is 14.7. The van der Waals surface area contributed by atoms with E-state index in [1.54, 1.807) is 0 Å². The molecule has 1 atom stereocenters. The molecule has 0 N–H and O–H groups in total. The van der Waals surface area contributed by atoms with Gasteiger partial charge < -0.3 is 4.74 Å². The number of piperidine rings is 1. The maximum absolute atomic E-state index is 12.2. The van der Waals surface area contributed by atoms with E-state index in [0.29, 0.717) is 0 Å². The number of esters is 1. The zero-order valence-electron chi connectivity index (χ0n) is 11.9. The molecule has 0 radical (unpaired) electrons. The molecule has 0 saturated carbocycles. The van der Waals surface area contributed by atoms with Gasteiger partial charge in [0.15, 0.2) is 5.78 Å². The van der Waals surface area contributed by atoms with E-state index in [-0.39, 0.29) is 18.2 Å². The van der Waals surface area contributed by atoms with Crippen LogP contribution in [0, 0.1) is 0 Å². The quantitative estimate of drug-likeness (QED) is 0.610. The van der Waals surface area contributed by atoms with Crippen molar-refractivity contribution in [3.05, 3.63) is 35.9 Å². The molecule has 2 rings (SSSR count). The second-order valence-electron chi connectivity index (χ2n) is 5.19. The largest absolute Gasteiger partial charge is 0.469 e. The van der Waals surface area contributed by atoms with Crippen LogP contribution < -0.4 is 0 Å². The summed E-state index contributed by atoms with van der Waals surface area (Å²) >= 11 is 0. The van der Waals surface area contributed by atoms with E-state index in [1.807, 2.05) is 18.2 Å². The lowest BCUT2D eigenvalue weighted by atomic mass is 9.96. The first-order valence-corrected chi connectivity index (χ1v) is 7.08. The summed E-state index contributed by atoms with van der Waals surface area (Å²) in [6.07, 6.45) is 2.87. The molecule has 0 bridgehead atoms.